The zero-order chi connectivity index (χ0) is 15.4. The minimum Gasteiger partial charge on any atom is -0.491 e. The molecular weight excluding hydrogens is 274 g/mol. The van der Waals surface area contributed by atoms with E-state index in [-0.39, 0.29) is 18.1 Å². The van der Waals surface area contributed by atoms with E-state index < -0.39 is 17.7 Å². The molecule has 0 amide bonds. The van der Waals surface area contributed by atoms with Crippen LogP contribution in [0.25, 0.3) is 0 Å². The van der Waals surface area contributed by atoms with Crippen molar-refractivity contribution in [3.05, 3.63) is 65.2 Å². The third kappa shape index (κ3) is 4.02. The summed E-state index contributed by atoms with van der Waals surface area (Å²) in [5, 5.41) is 10.2. The number of benzene rings is 2. The highest BCUT2D eigenvalue weighted by Crippen LogP contribution is 2.24. The highest BCUT2D eigenvalue weighted by Gasteiger charge is 2.14. The predicted molar refractivity (Wildman–Crippen MR) is 77.2 cm³/mol. The molecule has 21 heavy (non-hydrogen) atoms. The van der Waals surface area contributed by atoms with Crippen molar-refractivity contribution in [2.75, 3.05) is 0 Å². The van der Waals surface area contributed by atoms with Gasteiger partial charge in [-0.3, -0.25) is 0 Å². The molecule has 4 heteroatoms. The molecule has 0 saturated carbocycles. The standard InChI is InChI=1S/C17H18F2O2/c1-11(2)21-14-7-3-5-12(9-14)16(20)10-13-6-4-8-15(18)17(13)19/h3-9,11,16,20H,10H2,1-2H3. The summed E-state index contributed by atoms with van der Waals surface area (Å²) < 4.78 is 32.3. The van der Waals surface area contributed by atoms with Gasteiger partial charge in [0.25, 0.3) is 0 Å². The van der Waals surface area contributed by atoms with Crippen LogP contribution < -0.4 is 4.74 Å². The minimum absolute atomic E-state index is 0.00866. The fraction of sp³-hybridized carbons (Fsp3) is 0.294. The van der Waals surface area contributed by atoms with Gasteiger partial charge in [0.15, 0.2) is 11.6 Å². The van der Waals surface area contributed by atoms with Crippen LogP contribution in [0.15, 0.2) is 42.5 Å². The van der Waals surface area contributed by atoms with Gasteiger partial charge in [0.05, 0.1) is 12.2 Å². The van der Waals surface area contributed by atoms with Gasteiger partial charge in [0, 0.05) is 6.42 Å². The summed E-state index contributed by atoms with van der Waals surface area (Å²) in [7, 11) is 0. The Balaban J connectivity index is 2.16. The van der Waals surface area contributed by atoms with Crippen LogP contribution in [0.4, 0.5) is 8.78 Å². The lowest BCUT2D eigenvalue weighted by molar-refractivity contribution is 0.175. The molecule has 2 aromatic rings. The average molecular weight is 292 g/mol. The molecule has 0 aliphatic rings. The Bertz CT molecular complexity index is 611. The first-order chi connectivity index (χ1) is 9.97. The fourth-order valence-electron chi connectivity index (χ4n) is 2.10. The second-order valence-corrected chi connectivity index (χ2v) is 5.17. The highest BCUT2D eigenvalue weighted by atomic mass is 19.2. The number of hydrogen-bond acceptors (Lipinski definition) is 2. The molecule has 0 radical (unpaired) electrons. The van der Waals surface area contributed by atoms with Crippen molar-refractivity contribution < 1.29 is 18.6 Å². The van der Waals surface area contributed by atoms with E-state index in [1.54, 1.807) is 24.3 Å². The Hall–Kier alpha value is -1.94. The van der Waals surface area contributed by atoms with Gasteiger partial charge >= 0.3 is 0 Å². The maximum absolute atomic E-state index is 13.6. The number of aliphatic hydroxyl groups excluding tert-OH is 1. The summed E-state index contributed by atoms with van der Waals surface area (Å²) in [5.41, 5.74) is 0.759. The quantitative estimate of drug-likeness (QED) is 0.901. The van der Waals surface area contributed by atoms with E-state index in [0.717, 1.165) is 6.07 Å². The highest BCUT2D eigenvalue weighted by molar-refractivity contribution is 5.31. The third-order valence-electron chi connectivity index (χ3n) is 3.06. The van der Waals surface area contributed by atoms with Gasteiger partial charge < -0.3 is 9.84 Å². The summed E-state index contributed by atoms with van der Waals surface area (Å²) in [6.07, 6.45) is -0.885. The van der Waals surface area contributed by atoms with Crippen LogP contribution in [0.2, 0.25) is 0 Å². The number of rotatable bonds is 5. The molecule has 0 aliphatic heterocycles. The maximum atomic E-state index is 13.6. The van der Waals surface area contributed by atoms with Crippen molar-refractivity contribution in [1.29, 1.82) is 0 Å². The topological polar surface area (TPSA) is 29.5 Å². The SMILES string of the molecule is CC(C)Oc1cccc(C(O)Cc2cccc(F)c2F)c1. The summed E-state index contributed by atoms with van der Waals surface area (Å²) in [6.45, 7) is 3.82. The molecule has 0 spiro atoms. The summed E-state index contributed by atoms with van der Waals surface area (Å²) in [6, 6.07) is 10.9. The Morgan fingerprint density at radius 2 is 1.81 bits per heavy atom. The lowest BCUT2D eigenvalue weighted by Crippen LogP contribution is -2.08. The van der Waals surface area contributed by atoms with Crippen molar-refractivity contribution in [2.24, 2.45) is 0 Å². The van der Waals surface area contributed by atoms with Gasteiger partial charge in [0.2, 0.25) is 0 Å². The van der Waals surface area contributed by atoms with Gasteiger partial charge in [-0.1, -0.05) is 24.3 Å². The Labute approximate surface area is 123 Å². The molecule has 1 N–H and O–H groups in total. The molecule has 2 aromatic carbocycles. The van der Waals surface area contributed by atoms with Crippen LogP contribution in [0.5, 0.6) is 5.75 Å². The minimum atomic E-state index is -0.919. The molecule has 2 nitrogen and oxygen atoms in total. The molecular formula is C17H18F2O2. The number of halogens is 2. The van der Waals surface area contributed by atoms with Crippen molar-refractivity contribution in [1.82, 2.24) is 0 Å². The van der Waals surface area contributed by atoms with Gasteiger partial charge in [-0.25, -0.2) is 8.78 Å². The van der Waals surface area contributed by atoms with Gasteiger partial charge in [-0.05, 0) is 43.2 Å². The van der Waals surface area contributed by atoms with Crippen molar-refractivity contribution >= 4 is 0 Å². The molecule has 0 saturated heterocycles. The first-order valence-electron chi connectivity index (χ1n) is 6.85. The van der Waals surface area contributed by atoms with E-state index in [0.29, 0.717) is 11.3 Å². The molecule has 0 heterocycles. The van der Waals surface area contributed by atoms with Crippen molar-refractivity contribution in [3.8, 4) is 5.75 Å². The van der Waals surface area contributed by atoms with E-state index in [9.17, 15) is 13.9 Å². The van der Waals surface area contributed by atoms with Crippen LogP contribution >= 0.6 is 0 Å². The average Bonchev–Trinajstić information content (AvgIpc) is 2.43. The van der Waals surface area contributed by atoms with Gasteiger partial charge in [-0.15, -0.1) is 0 Å². The third-order valence-corrected chi connectivity index (χ3v) is 3.06. The van der Waals surface area contributed by atoms with E-state index in [1.807, 2.05) is 13.8 Å². The molecule has 0 aliphatic carbocycles. The Morgan fingerprint density at radius 3 is 2.52 bits per heavy atom. The Morgan fingerprint density at radius 1 is 1.10 bits per heavy atom. The first-order valence-corrected chi connectivity index (χ1v) is 6.85. The van der Waals surface area contributed by atoms with Gasteiger partial charge in [-0.2, -0.15) is 0 Å². The molecule has 0 bridgehead atoms. The smallest absolute Gasteiger partial charge is 0.162 e. The Kier molecular flexibility index (Phi) is 4.91. The van der Waals surface area contributed by atoms with Crippen molar-refractivity contribution in [3.63, 3.8) is 0 Å². The van der Waals surface area contributed by atoms with E-state index in [1.165, 1.54) is 12.1 Å². The summed E-state index contributed by atoms with van der Waals surface area (Å²) >= 11 is 0. The second kappa shape index (κ2) is 6.68. The zero-order valence-corrected chi connectivity index (χ0v) is 12.0. The lowest BCUT2D eigenvalue weighted by Gasteiger charge is -2.15. The van der Waals surface area contributed by atoms with Crippen LogP contribution in [-0.4, -0.2) is 11.2 Å². The number of ether oxygens (including phenoxy) is 1. The van der Waals surface area contributed by atoms with Crippen molar-refractivity contribution in [2.45, 2.75) is 32.5 Å². The first kappa shape index (κ1) is 15.4. The molecule has 112 valence electrons. The summed E-state index contributed by atoms with van der Waals surface area (Å²) in [4.78, 5) is 0. The number of hydrogen-bond donors (Lipinski definition) is 1. The fourth-order valence-corrected chi connectivity index (χ4v) is 2.10. The summed E-state index contributed by atoms with van der Waals surface area (Å²) in [5.74, 6) is -1.18. The normalized spacial score (nSPS) is 12.5. The van der Waals surface area contributed by atoms with E-state index in [2.05, 4.69) is 0 Å². The van der Waals surface area contributed by atoms with Crippen LogP contribution in [0.3, 0.4) is 0 Å². The monoisotopic (exact) mass is 292 g/mol. The number of aliphatic hydroxyl groups is 1. The second-order valence-electron chi connectivity index (χ2n) is 5.17. The molecule has 2 rings (SSSR count). The van der Waals surface area contributed by atoms with Crippen LogP contribution in [0, 0.1) is 11.6 Å². The largest absolute Gasteiger partial charge is 0.491 e. The predicted octanol–water partition coefficient (Wildman–Crippen LogP) is 4.03. The molecule has 0 fully saturated rings. The lowest BCUT2D eigenvalue weighted by atomic mass is 10.0. The maximum Gasteiger partial charge on any atom is 0.162 e. The van der Waals surface area contributed by atoms with Gasteiger partial charge in [0.1, 0.15) is 5.75 Å². The van der Waals surface area contributed by atoms with Crippen LogP contribution in [-0.2, 0) is 6.42 Å². The molecule has 1 unspecified atom stereocenters. The molecule has 1 atom stereocenters. The zero-order valence-electron chi connectivity index (χ0n) is 12.0. The van der Waals surface area contributed by atoms with E-state index >= 15 is 0 Å². The van der Waals surface area contributed by atoms with E-state index in [4.69, 9.17) is 4.74 Å². The molecule has 0 aromatic heterocycles. The van der Waals surface area contributed by atoms with Crippen LogP contribution in [0.1, 0.15) is 31.1 Å².